The lowest BCUT2D eigenvalue weighted by atomic mass is 9.91. The van der Waals surface area contributed by atoms with E-state index in [2.05, 4.69) is 24.4 Å². The van der Waals surface area contributed by atoms with E-state index in [0.717, 1.165) is 18.5 Å². The van der Waals surface area contributed by atoms with E-state index in [9.17, 15) is 0 Å². The quantitative estimate of drug-likeness (QED) is 0.832. The molecule has 2 heterocycles. The van der Waals surface area contributed by atoms with Crippen LogP contribution in [0.25, 0.3) is 11.0 Å². The highest BCUT2D eigenvalue weighted by atomic mass is 16.3. The number of rotatable bonds is 2. The van der Waals surface area contributed by atoms with Gasteiger partial charge in [-0.15, -0.1) is 0 Å². The van der Waals surface area contributed by atoms with Crippen LogP contribution in [0.3, 0.4) is 0 Å². The van der Waals surface area contributed by atoms with E-state index in [1.54, 1.807) is 0 Å². The van der Waals surface area contributed by atoms with E-state index in [1.165, 1.54) is 23.8 Å². The Kier molecular flexibility index (Phi) is 2.25. The van der Waals surface area contributed by atoms with E-state index in [-0.39, 0.29) is 5.54 Å². The summed E-state index contributed by atoms with van der Waals surface area (Å²) in [5, 5.41) is 4.86. The molecule has 0 amide bonds. The van der Waals surface area contributed by atoms with Crippen molar-refractivity contribution >= 4 is 11.0 Å². The second-order valence-electron chi connectivity index (χ2n) is 5.02. The summed E-state index contributed by atoms with van der Waals surface area (Å²) >= 11 is 0. The predicted molar refractivity (Wildman–Crippen MR) is 65.6 cm³/mol. The van der Waals surface area contributed by atoms with Crippen molar-refractivity contribution in [2.45, 2.75) is 31.7 Å². The van der Waals surface area contributed by atoms with Gasteiger partial charge in [0.2, 0.25) is 0 Å². The first-order valence-corrected chi connectivity index (χ1v) is 5.97. The minimum absolute atomic E-state index is 0.257. The maximum Gasteiger partial charge on any atom is 0.134 e. The number of hydrogen-bond acceptors (Lipinski definition) is 2. The van der Waals surface area contributed by atoms with E-state index >= 15 is 0 Å². The van der Waals surface area contributed by atoms with Crippen LogP contribution >= 0.6 is 0 Å². The molecule has 84 valence electrons. The molecule has 0 radical (unpaired) electrons. The number of nitrogens with one attached hydrogen (secondary N) is 1. The van der Waals surface area contributed by atoms with Gasteiger partial charge in [-0.3, -0.25) is 0 Å². The van der Waals surface area contributed by atoms with Crippen molar-refractivity contribution in [3.05, 3.63) is 36.1 Å². The Morgan fingerprint density at radius 3 is 3.06 bits per heavy atom. The lowest BCUT2D eigenvalue weighted by Gasteiger charge is -2.23. The van der Waals surface area contributed by atoms with Gasteiger partial charge in [0.15, 0.2) is 0 Å². The average molecular weight is 215 g/mol. The molecule has 1 aliphatic heterocycles. The first kappa shape index (κ1) is 9.91. The zero-order valence-corrected chi connectivity index (χ0v) is 9.62. The molecule has 0 spiro atoms. The van der Waals surface area contributed by atoms with Crippen LogP contribution in [-0.4, -0.2) is 12.1 Å². The van der Waals surface area contributed by atoms with Gasteiger partial charge in [-0.2, -0.15) is 0 Å². The Hall–Kier alpha value is -1.28. The van der Waals surface area contributed by atoms with Crippen molar-refractivity contribution in [2.24, 2.45) is 0 Å². The molecule has 1 unspecified atom stereocenters. The molecule has 16 heavy (non-hydrogen) atoms. The SMILES string of the molecule is CC1(Cc2coc3ccccc23)CCCN1. The summed E-state index contributed by atoms with van der Waals surface area (Å²) in [5.74, 6) is 0. The van der Waals surface area contributed by atoms with Crippen molar-refractivity contribution in [3.8, 4) is 0 Å². The minimum Gasteiger partial charge on any atom is -0.464 e. The van der Waals surface area contributed by atoms with Crippen LogP contribution in [-0.2, 0) is 6.42 Å². The molecular weight excluding hydrogens is 198 g/mol. The van der Waals surface area contributed by atoms with Gasteiger partial charge in [-0.1, -0.05) is 18.2 Å². The summed E-state index contributed by atoms with van der Waals surface area (Å²) in [6, 6.07) is 8.27. The molecule has 0 saturated carbocycles. The molecule has 2 nitrogen and oxygen atoms in total. The maximum absolute atomic E-state index is 5.58. The van der Waals surface area contributed by atoms with Gasteiger partial charge in [-0.25, -0.2) is 0 Å². The van der Waals surface area contributed by atoms with Crippen LogP contribution in [0.2, 0.25) is 0 Å². The fourth-order valence-electron chi connectivity index (χ4n) is 2.70. The van der Waals surface area contributed by atoms with Crippen molar-refractivity contribution in [3.63, 3.8) is 0 Å². The van der Waals surface area contributed by atoms with Gasteiger partial charge in [0, 0.05) is 16.5 Å². The van der Waals surface area contributed by atoms with E-state index in [1.807, 2.05) is 18.4 Å². The number of para-hydroxylation sites is 1. The summed E-state index contributed by atoms with van der Waals surface area (Å²) in [4.78, 5) is 0. The highest BCUT2D eigenvalue weighted by Gasteiger charge is 2.29. The lowest BCUT2D eigenvalue weighted by Crippen LogP contribution is -2.38. The largest absolute Gasteiger partial charge is 0.464 e. The number of furan rings is 1. The maximum atomic E-state index is 5.58. The third kappa shape index (κ3) is 1.63. The van der Waals surface area contributed by atoms with Gasteiger partial charge in [-0.05, 0) is 38.8 Å². The molecule has 1 fully saturated rings. The van der Waals surface area contributed by atoms with Crippen molar-refractivity contribution in [1.29, 1.82) is 0 Å². The van der Waals surface area contributed by atoms with Crippen LogP contribution in [0.5, 0.6) is 0 Å². The monoisotopic (exact) mass is 215 g/mol. The number of hydrogen-bond donors (Lipinski definition) is 1. The van der Waals surface area contributed by atoms with E-state index in [4.69, 9.17) is 4.42 Å². The summed E-state index contributed by atoms with van der Waals surface area (Å²) in [7, 11) is 0. The fourth-order valence-corrected chi connectivity index (χ4v) is 2.70. The van der Waals surface area contributed by atoms with Gasteiger partial charge < -0.3 is 9.73 Å². The van der Waals surface area contributed by atoms with Crippen LogP contribution in [0.1, 0.15) is 25.3 Å². The number of fused-ring (bicyclic) bond motifs is 1. The molecule has 1 saturated heterocycles. The van der Waals surface area contributed by atoms with Gasteiger partial charge in [0.25, 0.3) is 0 Å². The molecule has 1 N–H and O–H groups in total. The van der Waals surface area contributed by atoms with Crippen LogP contribution in [0, 0.1) is 0 Å². The Balaban J connectivity index is 1.94. The minimum atomic E-state index is 0.257. The fraction of sp³-hybridized carbons (Fsp3) is 0.429. The first-order valence-electron chi connectivity index (χ1n) is 5.97. The van der Waals surface area contributed by atoms with Crippen LogP contribution in [0.15, 0.2) is 34.9 Å². The van der Waals surface area contributed by atoms with Crippen LogP contribution in [0.4, 0.5) is 0 Å². The second-order valence-corrected chi connectivity index (χ2v) is 5.02. The normalized spacial score (nSPS) is 25.3. The molecule has 2 aromatic rings. The standard InChI is InChI=1S/C14H17NO/c1-14(7-4-8-15-14)9-11-10-16-13-6-3-2-5-12(11)13/h2-3,5-6,10,15H,4,7-9H2,1H3. The van der Waals surface area contributed by atoms with Crippen molar-refractivity contribution in [2.75, 3.05) is 6.54 Å². The molecule has 1 aromatic heterocycles. The molecule has 0 aliphatic carbocycles. The smallest absolute Gasteiger partial charge is 0.134 e. The molecular formula is C14H17NO. The lowest BCUT2D eigenvalue weighted by molar-refractivity contribution is 0.411. The molecule has 1 aliphatic rings. The van der Waals surface area contributed by atoms with Gasteiger partial charge in [0.05, 0.1) is 6.26 Å². The topological polar surface area (TPSA) is 25.2 Å². The summed E-state index contributed by atoms with van der Waals surface area (Å²) in [5.41, 5.74) is 2.58. The molecule has 1 atom stereocenters. The summed E-state index contributed by atoms with van der Waals surface area (Å²) < 4.78 is 5.58. The van der Waals surface area contributed by atoms with Gasteiger partial charge in [0.1, 0.15) is 5.58 Å². The Morgan fingerprint density at radius 2 is 2.25 bits per heavy atom. The first-order chi connectivity index (χ1) is 7.77. The van der Waals surface area contributed by atoms with Crippen molar-refractivity contribution in [1.82, 2.24) is 5.32 Å². The number of benzene rings is 1. The zero-order valence-electron chi connectivity index (χ0n) is 9.62. The highest BCUT2D eigenvalue weighted by Crippen LogP contribution is 2.28. The molecule has 3 rings (SSSR count). The Morgan fingerprint density at radius 1 is 1.38 bits per heavy atom. The molecule has 2 heteroatoms. The Labute approximate surface area is 95.6 Å². The Bertz CT molecular complexity index is 494. The summed E-state index contributed by atoms with van der Waals surface area (Å²) in [6.07, 6.45) is 5.51. The third-order valence-electron chi connectivity index (χ3n) is 3.60. The average Bonchev–Trinajstić information content (AvgIpc) is 2.87. The zero-order chi connectivity index (χ0) is 11.0. The third-order valence-corrected chi connectivity index (χ3v) is 3.60. The van der Waals surface area contributed by atoms with E-state index < -0.39 is 0 Å². The second kappa shape index (κ2) is 3.63. The van der Waals surface area contributed by atoms with Crippen LogP contribution < -0.4 is 5.32 Å². The summed E-state index contributed by atoms with van der Waals surface area (Å²) in [6.45, 7) is 3.45. The predicted octanol–water partition coefficient (Wildman–Crippen LogP) is 3.12. The van der Waals surface area contributed by atoms with Gasteiger partial charge >= 0.3 is 0 Å². The molecule has 0 bridgehead atoms. The highest BCUT2D eigenvalue weighted by molar-refractivity contribution is 5.80. The molecule has 1 aromatic carbocycles. The van der Waals surface area contributed by atoms with Crippen molar-refractivity contribution < 1.29 is 4.42 Å². The van der Waals surface area contributed by atoms with E-state index in [0.29, 0.717) is 0 Å².